The van der Waals surface area contributed by atoms with Crippen molar-refractivity contribution in [3.63, 3.8) is 0 Å². The molecule has 0 bridgehead atoms. The van der Waals surface area contributed by atoms with Crippen molar-refractivity contribution in [1.29, 1.82) is 0 Å². The van der Waals surface area contributed by atoms with E-state index in [0.717, 1.165) is 22.6 Å². The number of rotatable bonds is 1. The average Bonchev–Trinajstić information content (AvgIpc) is 1.94. The van der Waals surface area contributed by atoms with Crippen LogP contribution in [0.25, 0.3) is 0 Å². The van der Waals surface area contributed by atoms with E-state index in [0.29, 0.717) is 3.57 Å². The molecule has 0 heterocycles. The molecule has 13 heavy (non-hydrogen) atoms. The van der Waals surface area contributed by atoms with Gasteiger partial charge in [-0.2, -0.15) is 8.78 Å². The summed E-state index contributed by atoms with van der Waals surface area (Å²) in [6.45, 7) is 0. The normalized spacial score (nSPS) is 11.8. The van der Waals surface area contributed by atoms with Crippen molar-refractivity contribution < 1.29 is 8.78 Å². The first kappa shape index (κ1) is 11.7. The third-order valence-corrected chi connectivity index (χ3v) is 3.09. The molecule has 72 valence electrons. The van der Waals surface area contributed by atoms with Gasteiger partial charge in [0, 0.05) is 31.2 Å². The second-order valence-electron chi connectivity index (χ2n) is 2.35. The Labute approximate surface area is 106 Å². The first-order valence-electron chi connectivity index (χ1n) is 3.14. The van der Waals surface area contributed by atoms with Crippen LogP contribution in [0.2, 0.25) is 5.02 Å². The van der Waals surface area contributed by atoms with Crippen LogP contribution in [0.15, 0.2) is 12.1 Å². The minimum atomic E-state index is -2.98. The van der Waals surface area contributed by atoms with Gasteiger partial charge in [-0.05, 0) is 34.7 Å². The second-order valence-corrected chi connectivity index (χ2v) is 5.30. The summed E-state index contributed by atoms with van der Waals surface area (Å²) < 4.78 is 23.4. The Morgan fingerprint density at radius 2 is 1.92 bits per heavy atom. The monoisotopic (exact) mass is 429 g/mol. The lowest BCUT2D eigenvalue weighted by Crippen LogP contribution is -2.08. The zero-order chi connectivity index (χ0) is 10.2. The molecule has 0 amide bonds. The van der Waals surface area contributed by atoms with Crippen LogP contribution in [0, 0.1) is 3.57 Å². The molecule has 6 heteroatoms. The Hall–Kier alpha value is 0.630. The molecule has 0 aliphatic heterocycles. The largest absolute Gasteiger partial charge is 0.397 e. The second kappa shape index (κ2) is 4.01. The molecule has 0 aliphatic carbocycles. The molecule has 0 atom stereocenters. The summed E-state index contributed by atoms with van der Waals surface area (Å²) in [6.07, 6.45) is 0. The van der Waals surface area contributed by atoms with Crippen LogP contribution >= 0.6 is 56.8 Å². The topological polar surface area (TPSA) is 26.0 Å². The third kappa shape index (κ3) is 2.79. The molecule has 0 saturated carbocycles. The smallest absolute Gasteiger partial charge is 0.323 e. The highest BCUT2D eigenvalue weighted by molar-refractivity contribution is 14.1. The number of halogens is 5. The molecular formula is C7H4ClF2I2N. The van der Waals surface area contributed by atoms with E-state index in [4.69, 9.17) is 17.3 Å². The predicted octanol–water partition coefficient (Wildman–Crippen LogP) is 4.01. The number of nitrogens with two attached hydrogens (primary N) is 1. The number of benzene rings is 1. The van der Waals surface area contributed by atoms with Crippen molar-refractivity contribution in [2.45, 2.75) is 3.93 Å². The predicted molar refractivity (Wildman–Crippen MR) is 66.5 cm³/mol. The van der Waals surface area contributed by atoms with E-state index in [1.54, 1.807) is 6.07 Å². The number of hydrogen-bond acceptors (Lipinski definition) is 1. The van der Waals surface area contributed by atoms with Gasteiger partial charge >= 0.3 is 3.93 Å². The molecule has 1 nitrogen and oxygen atoms in total. The van der Waals surface area contributed by atoms with Crippen molar-refractivity contribution in [3.05, 3.63) is 26.3 Å². The van der Waals surface area contributed by atoms with Crippen molar-refractivity contribution in [1.82, 2.24) is 0 Å². The van der Waals surface area contributed by atoms with Crippen LogP contribution in [0.1, 0.15) is 5.56 Å². The Bertz CT molecular complexity index is 338. The fourth-order valence-corrected chi connectivity index (χ4v) is 2.29. The molecule has 1 aromatic carbocycles. The van der Waals surface area contributed by atoms with Crippen molar-refractivity contribution >= 4 is 62.5 Å². The van der Waals surface area contributed by atoms with Crippen LogP contribution in [0.4, 0.5) is 14.5 Å². The fraction of sp³-hybridized carbons (Fsp3) is 0.143. The van der Waals surface area contributed by atoms with E-state index in [-0.39, 0.29) is 16.3 Å². The molecule has 0 aromatic heterocycles. The van der Waals surface area contributed by atoms with Crippen molar-refractivity contribution in [2.75, 3.05) is 5.73 Å². The van der Waals surface area contributed by atoms with E-state index in [1.165, 1.54) is 6.07 Å². The van der Waals surface area contributed by atoms with E-state index >= 15 is 0 Å². The lowest BCUT2D eigenvalue weighted by atomic mass is 10.2. The first-order chi connectivity index (χ1) is 5.82. The highest BCUT2D eigenvalue weighted by Crippen LogP contribution is 2.41. The Balaban J connectivity index is 3.37. The fourth-order valence-electron chi connectivity index (χ4n) is 0.819. The number of alkyl halides is 3. The van der Waals surface area contributed by atoms with Crippen LogP contribution in [0.5, 0.6) is 0 Å². The van der Waals surface area contributed by atoms with Gasteiger partial charge in [0.1, 0.15) is 0 Å². The SMILES string of the molecule is Nc1c(I)cc(Cl)cc1C(F)(F)I. The zero-order valence-corrected chi connectivity index (χ0v) is 11.2. The Morgan fingerprint density at radius 3 is 2.38 bits per heavy atom. The number of nitrogen functional groups attached to an aromatic ring is 1. The van der Waals surface area contributed by atoms with Gasteiger partial charge in [0.05, 0.1) is 11.3 Å². The zero-order valence-electron chi connectivity index (χ0n) is 6.12. The van der Waals surface area contributed by atoms with Gasteiger partial charge in [-0.1, -0.05) is 11.6 Å². The summed E-state index contributed by atoms with van der Waals surface area (Å²) in [6, 6.07) is 2.73. The summed E-state index contributed by atoms with van der Waals surface area (Å²) in [5.41, 5.74) is 5.34. The third-order valence-electron chi connectivity index (χ3n) is 1.40. The number of anilines is 1. The van der Waals surface area contributed by atoms with Crippen LogP contribution in [-0.4, -0.2) is 0 Å². The molecule has 1 rings (SSSR count). The van der Waals surface area contributed by atoms with Crippen LogP contribution in [0.3, 0.4) is 0 Å². The Kier molecular flexibility index (Phi) is 3.61. The molecular weight excluding hydrogens is 425 g/mol. The van der Waals surface area contributed by atoms with Crippen LogP contribution < -0.4 is 5.73 Å². The summed E-state index contributed by atoms with van der Waals surface area (Å²) in [4.78, 5) is 0. The molecule has 0 spiro atoms. The lowest BCUT2D eigenvalue weighted by Gasteiger charge is -2.13. The summed E-state index contributed by atoms with van der Waals surface area (Å²) in [7, 11) is 0. The van der Waals surface area contributed by atoms with Gasteiger partial charge < -0.3 is 5.73 Å². The highest BCUT2D eigenvalue weighted by Gasteiger charge is 2.30. The maximum Gasteiger partial charge on any atom is 0.323 e. The van der Waals surface area contributed by atoms with E-state index in [2.05, 4.69) is 0 Å². The quantitative estimate of drug-likeness (QED) is 0.408. The summed E-state index contributed by atoms with van der Waals surface area (Å²) >= 11 is 8.53. The molecule has 1 aromatic rings. The van der Waals surface area contributed by atoms with Gasteiger partial charge in [-0.15, -0.1) is 0 Å². The lowest BCUT2D eigenvalue weighted by molar-refractivity contribution is 0.128. The average molecular weight is 429 g/mol. The molecule has 0 fully saturated rings. The van der Waals surface area contributed by atoms with Gasteiger partial charge in [-0.25, -0.2) is 0 Å². The van der Waals surface area contributed by atoms with E-state index < -0.39 is 3.93 Å². The first-order valence-corrected chi connectivity index (χ1v) is 5.67. The van der Waals surface area contributed by atoms with E-state index in [9.17, 15) is 8.78 Å². The molecule has 0 unspecified atom stereocenters. The maximum absolute atomic E-state index is 12.9. The van der Waals surface area contributed by atoms with E-state index in [1.807, 2.05) is 22.6 Å². The van der Waals surface area contributed by atoms with Gasteiger partial charge in [-0.3, -0.25) is 0 Å². The molecule has 2 N–H and O–H groups in total. The summed E-state index contributed by atoms with van der Waals surface area (Å²) in [5, 5.41) is 0.268. The van der Waals surface area contributed by atoms with Gasteiger partial charge in [0.2, 0.25) is 0 Å². The molecule has 0 saturated heterocycles. The minimum absolute atomic E-state index is 0.0874. The van der Waals surface area contributed by atoms with Gasteiger partial charge in [0.15, 0.2) is 0 Å². The molecule has 0 radical (unpaired) electrons. The van der Waals surface area contributed by atoms with Crippen molar-refractivity contribution in [3.8, 4) is 0 Å². The molecule has 0 aliphatic rings. The van der Waals surface area contributed by atoms with Crippen molar-refractivity contribution in [2.24, 2.45) is 0 Å². The Morgan fingerprint density at radius 1 is 1.38 bits per heavy atom. The highest BCUT2D eigenvalue weighted by atomic mass is 127. The summed E-state index contributed by atoms with van der Waals surface area (Å²) in [5.74, 6) is 0. The van der Waals surface area contributed by atoms with Gasteiger partial charge in [0.25, 0.3) is 0 Å². The van der Waals surface area contributed by atoms with Crippen LogP contribution in [-0.2, 0) is 3.93 Å². The number of hydrogen-bond donors (Lipinski definition) is 1. The standard InChI is InChI=1S/C7H4ClF2I2N/c8-3-1-4(7(9,10)12)6(13)5(11)2-3/h1-2H,13H2. The maximum atomic E-state index is 12.9. The minimum Gasteiger partial charge on any atom is -0.397 e.